The number of rotatable bonds is 3. The van der Waals surface area contributed by atoms with Crippen molar-refractivity contribution in [1.29, 1.82) is 0 Å². The monoisotopic (exact) mass is 214 g/mol. The molecule has 0 saturated carbocycles. The minimum Gasteiger partial charge on any atom is -0.494 e. The second-order valence-corrected chi connectivity index (χ2v) is 2.68. The molecule has 0 radical (unpaired) electrons. The maximum atomic E-state index is 13.2. The normalized spacial score (nSPS) is 10.6. The highest BCUT2D eigenvalue weighted by atomic mass is 19.1. The van der Waals surface area contributed by atoms with Gasteiger partial charge in [-0.1, -0.05) is 0 Å². The van der Waals surface area contributed by atoms with E-state index in [1.165, 1.54) is 7.11 Å². The van der Waals surface area contributed by atoms with Gasteiger partial charge < -0.3 is 9.84 Å². The van der Waals surface area contributed by atoms with Crippen LogP contribution in [-0.2, 0) is 4.79 Å². The Morgan fingerprint density at radius 2 is 2.07 bits per heavy atom. The van der Waals surface area contributed by atoms with Crippen molar-refractivity contribution >= 4 is 12.0 Å². The van der Waals surface area contributed by atoms with E-state index in [0.29, 0.717) is 0 Å². The zero-order valence-corrected chi connectivity index (χ0v) is 7.83. The quantitative estimate of drug-likeness (QED) is 0.783. The van der Waals surface area contributed by atoms with Gasteiger partial charge in [0.25, 0.3) is 0 Å². The molecule has 0 saturated heterocycles. The third-order valence-corrected chi connectivity index (χ3v) is 1.68. The molecule has 1 rings (SSSR count). The molecule has 0 bridgehead atoms. The first kappa shape index (κ1) is 11.2. The lowest BCUT2D eigenvalue weighted by Crippen LogP contribution is -1.93. The van der Waals surface area contributed by atoms with Crippen molar-refractivity contribution in [2.24, 2.45) is 0 Å². The van der Waals surface area contributed by atoms with E-state index in [4.69, 9.17) is 5.11 Å². The van der Waals surface area contributed by atoms with Crippen molar-refractivity contribution in [3.05, 3.63) is 35.4 Å². The first-order valence-corrected chi connectivity index (χ1v) is 3.98. The van der Waals surface area contributed by atoms with Crippen molar-refractivity contribution < 1.29 is 23.4 Å². The molecule has 15 heavy (non-hydrogen) atoms. The lowest BCUT2D eigenvalue weighted by Gasteiger charge is -2.03. The van der Waals surface area contributed by atoms with Gasteiger partial charge in [0.2, 0.25) is 0 Å². The fourth-order valence-corrected chi connectivity index (χ4v) is 0.989. The van der Waals surface area contributed by atoms with Crippen molar-refractivity contribution in [3.63, 3.8) is 0 Å². The van der Waals surface area contributed by atoms with E-state index < -0.39 is 17.6 Å². The number of ether oxygens (including phenoxy) is 1. The zero-order valence-electron chi connectivity index (χ0n) is 7.83. The lowest BCUT2D eigenvalue weighted by molar-refractivity contribution is -0.131. The highest BCUT2D eigenvalue weighted by Crippen LogP contribution is 2.21. The number of hydrogen-bond acceptors (Lipinski definition) is 2. The van der Waals surface area contributed by atoms with Gasteiger partial charge in [-0.2, -0.15) is 0 Å². The Bertz CT molecular complexity index is 413. The Kier molecular flexibility index (Phi) is 3.38. The summed E-state index contributed by atoms with van der Waals surface area (Å²) in [5.74, 6) is -2.94. The van der Waals surface area contributed by atoms with Crippen LogP contribution in [0.5, 0.6) is 5.75 Å². The van der Waals surface area contributed by atoms with Crippen LogP contribution >= 0.6 is 0 Å². The molecule has 5 heteroatoms. The van der Waals surface area contributed by atoms with Crippen LogP contribution in [0, 0.1) is 11.6 Å². The lowest BCUT2D eigenvalue weighted by atomic mass is 10.2. The third-order valence-electron chi connectivity index (χ3n) is 1.68. The highest BCUT2D eigenvalue weighted by molar-refractivity contribution is 5.85. The van der Waals surface area contributed by atoms with E-state index in [0.717, 1.165) is 24.3 Å². The van der Waals surface area contributed by atoms with E-state index >= 15 is 0 Å². The van der Waals surface area contributed by atoms with Crippen LogP contribution in [0.15, 0.2) is 18.2 Å². The van der Waals surface area contributed by atoms with Crippen molar-refractivity contribution in [3.8, 4) is 5.75 Å². The van der Waals surface area contributed by atoms with E-state index in [1.807, 2.05) is 0 Å². The summed E-state index contributed by atoms with van der Waals surface area (Å²) >= 11 is 0. The fourth-order valence-electron chi connectivity index (χ4n) is 0.989. The van der Waals surface area contributed by atoms with Gasteiger partial charge in [0.15, 0.2) is 11.6 Å². The summed E-state index contributed by atoms with van der Waals surface area (Å²) in [5, 5.41) is 8.31. The average Bonchev–Trinajstić information content (AvgIpc) is 2.18. The standard InChI is InChI=1S/C10H8F2O3/c1-15-9-5-7(11)6(4-8(9)12)2-3-10(13)14/h2-5H,1H3,(H,13,14)/b3-2+. The van der Waals surface area contributed by atoms with Gasteiger partial charge in [-0.25, -0.2) is 13.6 Å². The summed E-state index contributed by atoms with van der Waals surface area (Å²) in [6.07, 6.45) is 1.70. The van der Waals surface area contributed by atoms with E-state index in [2.05, 4.69) is 4.74 Å². The van der Waals surface area contributed by atoms with Crippen molar-refractivity contribution in [2.75, 3.05) is 7.11 Å². The van der Waals surface area contributed by atoms with Gasteiger partial charge in [-0.15, -0.1) is 0 Å². The molecule has 1 N–H and O–H groups in total. The summed E-state index contributed by atoms with van der Waals surface area (Å²) in [6.45, 7) is 0. The molecule has 0 aliphatic rings. The Morgan fingerprint density at radius 3 is 2.60 bits per heavy atom. The van der Waals surface area contributed by atoms with Gasteiger partial charge in [0.1, 0.15) is 5.82 Å². The Hall–Kier alpha value is -1.91. The molecule has 1 aromatic carbocycles. The van der Waals surface area contributed by atoms with Crippen molar-refractivity contribution in [2.45, 2.75) is 0 Å². The van der Waals surface area contributed by atoms with Crippen LogP contribution in [-0.4, -0.2) is 18.2 Å². The van der Waals surface area contributed by atoms with Gasteiger partial charge in [-0.05, 0) is 12.1 Å². The number of carbonyl (C=O) groups is 1. The summed E-state index contributed by atoms with van der Waals surface area (Å²) in [4.78, 5) is 10.2. The predicted molar refractivity (Wildman–Crippen MR) is 49.6 cm³/mol. The Morgan fingerprint density at radius 1 is 1.40 bits per heavy atom. The molecule has 80 valence electrons. The number of methoxy groups -OCH3 is 1. The van der Waals surface area contributed by atoms with E-state index in [9.17, 15) is 13.6 Å². The molecule has 0 aliphatic carbocycles. The molecule has 0 spiro atoms. The van der Waals surface area contributed by atoms with Crippen LogP contribution in [0.2, 0.25) is 0 Å². The first-order chi connectivity index (χ1) is 7.04. The summed E-state index contributed by atoms with van der Waals surface area (Å²) in [6, 6.07) is 1.73. The van der Waals surface area contributed by atoms with Crippen LogP contribution in [0.25, 0.3) is 6.08 Å². The second-order valence-electron chi connectivity index (χ2n) is 2.68. The van der Waals surface area contributed by atoms with E-state index in [-0.39, 0.29) is 11.3 Å². The molecular formula is C10H8F2O3. The van der Waals surface area contributed by atoms with Gasteiger partial charge >= 0.3 is 5.97 Å². The van der Waals surface area contributed by atoms with E-state index in [1.54, 1.807) is 0 Å². The number of carboxylic acid groups (broad SMARTS) is 1. The number of halogens is 2. The summed E-state index contributed by atoms with van der Waals surface area (Å²) in [7, 11) is 1.21. The number of carboxylic acids is 1. The van der Waals surface area contributed by atoms with Gasteiger partial charge in [0, 0.05) is 17.7 Å². The van der Waals surface area contributed by atoms with Gasteiger partial charge in [-0.3, -0.25) is 0 Å². The molecule has 0 atom stereocenters. The molecule has 3 nitrogen and oxygen atoms in total. The largest absolute Gasteiger partial charge is 0.494 e. The van der Waals surface area contributed by atoms with Crippen LogP contribution in [0.3, 0.4) is 0 Å². The number of aliphatic carboxylic acids is 1. The highest BCUT2D eigenvalue weighted by Gasteiger charge is 2.08. The average molecular weight is 214 g/mol. The third kappa shape index (κ3) is 2.77. The molecule has 0 heterocycles. The van der Waals surface area contributed by atoms with Crippen LogP contribution < -0.4 is 4.74 Å². The summed E-state index contributed by atoms with van der Waals surface area (Å²) in [5.41, 5.74) is -0.143. The molecule has 0 amide bonds. The SMILES string of the molecule is COc1cc(F)c(/C=C/C(=O)O)cc1F. The predicted octanol–water partition coefficient (Wildman–Crippen LogP) is 2.07. The molecular weight excluding hydrogens is 206 g/mol. The zero-order chi connectivity index (χ0) is 11.4. The minimum atomic E-state index is -1.23. The second kappa shape index (κ2) is 4.54. The molecule has 0 unspecified atom stereocenters. The van der Waals surface area contributed by atoms with Crippen LogP contribution in [0.4, 0.5) is 8.78 Å². The number of hydrogen-bond donors (Lipinski definition) is 1. The topological polar surface area (TPSA) is 46.5 Å². The molecule has 0 aromatic heterocycles. The Balaban J connectivity index is 3.10. The smallest absolute Gasteiger partial charge is 0.328 e. The van der Waals surface area contributed by atoms with Crippen LogP contribution in [0.1, 0.15) is 5.56 Å². The molecule has 0 aliphatic heterocycles. The molecule has 0 fully saturated rings. The Labute approximate surface area is 84.6 Å². The maximum absolute atomic E-state index is 13.2. The van der Waals surface area contributed by atoms with Crippen molar-refractivity contribution in [1.82, 2.24) is 0 Å². The van der Waals surface area contributed by atoms with Gasteiger partial charge in [0.05, 0.1) is 7.11 Å². The number of benzene rings is 1. The summed E-state index contributed by atoms with van der Waals surface area (Å²) < 4.78 is 30.8. The first-order valence-electron chi connectivity index (χ1n) is 3.98. The fraction of sp³-hybridized carbons (Fsp3) is 0.100. The molecule has 1 aromatic rings. The minimum absolute atomic E-state index is 0.143. The maximum Gasteiger partial charge on any atom is 0.328 e.